The van der Waals surface area contributed by atoms with Crippen molar-refractivity contribution in [3.8, 4) is 0 Å². The van der Waals surface area contributed by atoms with Gasteiger partial charge in [-0.05, 0) is 0 Å². The Bertz CT molecular complexity index is 348. The van der Waals surface area contributed by atoms with Crippen LogP contribution in [-0.2, 0) is 14.2 Å². The van der Waals surface area contributed by atoms with E-state index in [4.69, 9.17) is 14.2 Å². The number of aliphatic hydroxyl groups is 8. The van der Waals surface area contributed by atoms with Crippen LogP contribution in [-0.4, -0.2) is 115 Å². The van der Waals surface area contributed by atoms with E-state index < -0.39 is 61.4 Å². The van der Waals surface area contributed by atoms with Gasteiger partial charge in [-0.25, -0.2) is 0 Å². The molecule has 2 rings (SSSR count). The summed E-state index contributed by atoms with van der Waals surface area (Å²) in [6.45, 7) is -0.660. The molecule has 10 atom stereocenters. The van der Waals surface area contributed by atoms with Gasteiger partial charge < -0.3 is 55.1 Å². The summed E-state index contributed by atoms with van der Waals surface area (Å²) < 4.78 is 14.9. The third-order valence-electron chi connectivity index (χ3n) is 3.94. The first kappa shape index (κ1) is 18.9. The summed E-state index contributed by atoms with van der Waals surface area (Å²) in [5.41, 5.74) is 0. The highest BCUT2D eigenvalue weighted by molar-refractivity contribution is 4.90. The number of aliphatic hydroxyl groups excluding tert-OH is 8. The van der Waals surface area contributed by atoms with E-state index >= 15 is 0 Å². The molecule has 11 heteroatoms. The zero-order valence-electron chi connectivity index (χ0n) is 12.0. The number of hydrogen-bond donors (Lipinski definition) is 8. The molecule has 2 aliphatic heterocycles. The molecule has 11 nitrogen and oxygen atoms in total. The van der Waals surface area contributed by atoms with Gasteiger partial charge in [-0.1, -0.05) is 0 Å². The monoisotopic (exact) mass is 342 g/mol. The largest absolute Gasteiger partial charge is 0.387 e. The molecule has 0 saturated carbocycles. The van der Waals surface area contributed by atoms with Crippen LogP contribution in [0.1, 0.15) is 0 Å². The van der Waals surface area contributed by atoms with Crippen molar-refractivity contribution in [2.24, 2.45) is 0 Å². The number of ether oxygens (including phenoxy) is 3. The van der Waals surface area contributed by atoms with Crippen LogP contribution in [0.25, 0.3) is 0 Å². The lowest BCUT2D eigenvalue weighted by molar-refractivity contribution is -0.300. The van der Waals surface area contributed by atoms with Crippen molar-refractivity contribution >= 4 is 0 Å². The van der Waals surface area contributed by atoms with E-state index in [1.807, 2.05) is 0 Å². The van der Waals surface area contributed by atoms with Crippen molar-refractivity contribution in [3.05, 3.63) is 0 Å². The maximum Gasteiger partial charge on any atom is 0.184 e. The van der Waals surface area contributed by atoms with E-state index in [2.05, 4.69) is 0 Å². The lowest BCUT2D eigenvalue weighted by Crippen LogP contribution is -2.60. The molecule has 0 spiro atoms. The molecule has 23 heavy (non-hydrogen) atoms. The van der Waals surface area contributed by atoms with Crippen LogP contribution in [0.3, 0.4) is 0 Å². The summed E-state index contributed by atoms with van der Waals surface area (Å²) in [5, 5.41) is 75.9. The van der Waals surface area contributed by atoms with Crippen molar-refractivity contribution in [2.45, 2.75) is 61.4 Å². The van der Waals surface area contributed by atoms with Crippen molar-refractivity contribution < 1.29 is 55.1 Å². The lowest BCUT2D eigenvalue weighted by Gasteiger charge is -2.39. The minimum absolute atomic E-state index is 0.330. The summed E-state index contributed by atoms with van der Waals surface area (Å²) >= 11 is 0. The molecule has 2 saturated heterocycles. The first-order valence-electron chi connectivity index (χ1n) is 7.07. The molecule has 0 amide bonds. The minimum Gasteiger partial charge on any atom is -0.387 e. The van der Waals surface area contributed by atoms with Crippen molar-refractivity contribution in [3.63, 3.8) is 0 Å². The van der Waals surface area contributed by atoms with E-state index in [1.165, 1.54) is 0 Å². The van der Waals surface area contributed by atoms with E-state index in [1.54, 1.807) is 0 Å². The molecule has 2 aliphatic rings. The van der Waals surface area contributed by atoms with Gasteiger partial charge in [0.15, 0.2) is 12.6 Å². The van der Waals surface area contributed by atoms with Gasteiger partial charge in [0.25, 0.3) is 0 Å². The molecule has 0 aromatic heterocycles. The molecule has 10 unspecified atom stereocenters. The minimum atomic E-state index is -1.70. The van der Waals surface area contributed by atoms with Crippen LogP contribution in [0.15, 0.2) is 0 Å². The normalized spacial score (nSPS) is 51.7. The Hall–Kier alpha value is -0.440. The second kappa shape index (κ2) is 7.63. The van der Waals surface area contributed by atoms with Gasteiger partial charge in [-0.2, -0.15) is 0 Å². The Kier molecular flexibility index (Phi) is 6.27. The SMILES string of the molecule is OC1OC(COCC2OC(O)C(O)C(O)C2O)C(O)C(O)C1O. The van der Waals surface area contributed by atoms with Gasteiger partial charge in [0, 0.05) is 0 Å². The standard InChI is InChI=1S/C12H22O11/c13-5-3(22-11(19)9(17)7(5)15)1-21-2-4-6(14)8(16)10(18)12(20)23-4/h3-20H,1-2H2. The van der Waals surface area contributed by atoms with Gasteiger partial charge in [0.1, 0.15) is 48.8 Å². The first-order chi connectivity index (χ1) is 10.7. The van der Waals surface area contributed by atoms with Crippen LogP contribution in [0.4, 0.5) is 0 Å². The molecule has 2 fully saturated rings. The van der Waals surface area contributed by atoms with Crippen LogP contribution in [0.5, 0.6) is 0 Å². The molecule has 0 aromatic carbocycles. The molecule has 0 aromatic rings. The van der Waals surface area contributed by atoms with Crippen molar-refractivity contribution in [1.29, 1.82) is 0 Å². The average molecular weight is 342 g/mol. The van der Waals surface area contributed by atoms with E-state index in [9.17, 15) is 40.9 Å². The summed E-state index contributed by atoms with van der Waals surface area (Å²) in [4.78, 5) is 0. The highest BCUT2D eigenvalue weighted by Gasteiger charge is 2.45. The van der Waals surface area contributed by atoms with Gasteiger partial charge in [-0.15, -0.1) is 0 Å². The second-order valence-electron chi connectivity index (χ2n) is 5.61. The Morgan fingerprint density at radius 2 is 0.870 bits per heavy atom. The topological polar surface area (TPSA) is 190 Å². The molecule has 8 N–H and O–H groups in total. The fourth-order valence-corrected chi connectivity index (χ4v) is 2.44. The number of rotatable bonds is 4. The zero-order valence-corrected chi connectivity index (χ0v) is 12.0. The Balaban J connectivity index is 1.82. The summed E-state index contributed by atoms with van der Waals surface area (Å²) in [5.74, 6) is 0. The molecule has 0 radical (unpaired) electrons. The Labute approximate surface area is 130 Å². The Morgan fingerprint density at radius 1 is 0.522 bits per heavy atom. The van der Waals surface area contributed by atoms with Gasteiger partial charge in [-0.3, -0.25) is 0 Å². The third kappa shape index (κ3) is 3.97. The predicted molar refractivity (Wildman–Crippen MR) is 68.6 cm³/mol. The molecule has 0 aliphatic carbocycles. The third-order valence-corrected chi connectivity index (χ3v) is 3.94. The van der Waals surface area contributed by atoms with Gasteiger partial charge >= 0.3 is 0 Å². The van der Waals surface area contributed by atoms with Gasteiger partial charge in [0.05, 0.1) is 13.2 Å². The summed E-state index contributed by atoms with van der Waals surface area (Å²) in [6.07, 6.45) is -15.3. The maximum atomic E-state index is 9.71. The average Bonchev–Trinajstić information content (AvgIpc) is 2.52. The maximum absolute atomic E-state index is 9.71. The number of hydrogen-bond acceptors (Lipinski definition) is 11. The molecule has 0 bridgehead atoms. The van der Waals surface area contributed by atoms with Crippen molar-refractivity contribution in [2.75, 3.05) is 13.2 Å². The first-order valence-corrected chi connectivity index (χ1v) is 7.07. The highest BCUT2D eigenvalue weighted by Crippen LogP contribution is 2.22. The van der Waals surface area contributed by atoms with Crippen LogP contribution >= 0.6 is 0 Å². The van der Waals surface area contributed by atoms with E-state index in [0.29, 0.717) is 0 Å². The second-order valence-corrected chi connectivity index (χ2v) is 5.61. The highest BCUT2D eigenvalue weighted by atomic mass is 16.7. The van der Waals surface area contributed by atoms with Crippen LogP contribution < -0.4 is 0 Å². The molecular weight excluding hydrogens is 320 g/mol. The predicted octanol–water partition coefficient (Wildman–Crippen LogP) is -5.40. The lowest BCUT2D eigenvalue weighted by atomic mass is 9.99. The molecule has 136 valence electrons. The summed E-state index contributed by atoms with van der Waals surface area (Å²) in [7, 11) is 0. The molecular formula is C12H22O11. The quantitative estimate of drug-likeness (QED) is 0.243. The van der Waals surface area contributed by atoms with Crippen LogP contribution in [0, 0.1) is 0 Å². The van der Waals surface area contributed by atoms with Crippen LogP contribution in [0.2, 0.25) is 0 Å². The zero-order chi connectivity index (χ0) is 17.3. The van der Waals surface area contributed by atoms with E-state index in [0.717, 1.165) is 0 Å². The van der Waals surface area contributed by atoms with E-state index in [-0.39, 0.29) is 13.2 Å². The summed E-state index contributed by atoms with van der Waals surface area (Å²) in [6, 6.07) is 0. The fraction of sp³-hybridized carbons (Fsp3) is 1.00. The molecule has 2 heterocycles. The van der Waals surface area contributed by atoms with Gasteiger partial charge in [0.2, 0.25) is 0 Å². The fourth-order valence-electron chi connectivity index (χ4n) is 2.44. The Morgan fingerprint density at radius 3 is 1.22 bits per heavy atom. The van der Waals surface area contributed by atoms with Crippen molar-refractivity contribution in [1.82, 2.24) is 0 Å². The smallest absolute Gasteiger partial charge is 0.184 e.